The topological polar surface area (TPSA) is 12.9 Å². The molecular weight excluding hydrogens is 178 g/mol. The number of halogens is 1. The lowest BCUT2D eigenvalue weighted by molar-refractivity contribution is 0.510. The van der Waals surface area contributed by atoms with Gasteiger partial charge in [0.15, 0.2) is 4.47 Å². The summed E-state index contributed by atoms with van der Waals surface area (Å²) < 4.78 is 0.697. The molecule has 0 radical (unpaired) electrons. The van der Waals surface area contributed by atoms with E-state index in [0.29, 0.717) is 4.47 Å². The summed E-state index contributed by atoms with van der Waals surface area (Å²) in [5.74, 6) is 0. The van der Waals surface area contributed by atoms with E-state index in [-0.39, 0.29) is 5.41 Å². The Kier molecular flexibility index (Phi) is 1.52. The first-order valence-electron chi connectivity index (χ1n) is 3.75. The summed E-state index contributed by atoms with van der Waals surface area (Å²) in [6.45, 7) is 4.46. The normalized spacial score (nSPS) is 20.3. The van der Waals surface area contributed by atoms with Crippen LogP contribution in [0.15, 0.2) is 0 Å². The van der Waals surface area contributed by atoms with E-state index in [1.54, 1.807) is 11.3 Å². The van der Waals surface area contributed by atoms with Crippen molar-refractivity contribution >= 4 is 22.9 Å². The van der Waals surface area contributed by atoms with Crippen molar-refractivity contribution < 1.29 is 0 Å². The van der Waals surface area contributed by atoms with Gasteiger partial charge in [0.2, 0.25) is 0 Å². The van der Waals surface area contributed by atoms with Gasteiger partial charge in [-0.25, -0.2) is 4.98 Å². The summed E-state index contributed by atoms with van der Waals surface area (Å²) in [4.78, 5) is 5.72. The van der Waals surface area contributed by atoms with Crippen LogP contribution in [0.2, 0.25) is 4.47 Å². The zero-order valence-electron chi connectivity index (χ0n) is 6.65. The number of nitrogens with zero attached hydrogens (tertiary/aromatic N) is 1. The predicted molar refractivity (Wildman–Crippen MR) is 48.5 cm³/mol. The monoisotopic (exact) mass is 187 g/mol. The second-order valence-corrected chi connectivity index (χ2v) is 5.29. The second kappa shape index (κ2) is 2.20. The van der Waals surface area contributed by atoms with Crippen LogP contribution in [0.25, 0.3) is 0 Å². The van der Waals surface area contributed by atoms with E-state index >= 15 is 0 Å². The lowest BCUT2D eigenvalue weighted by Crippen LogP contribution is -2.12. The smallest absolute Gasteiger partial charge is 0.184 e. The molecule has 0 spiro atoms. The molecule has 0 N–H and O–H groups in total. The van der Waals surface area contributed by atoms with Crippen LogP contribution in [-0.2, 0) is 11.8 Å². The molecule has 11 heavy (non-hydrogen) atoms. The highest BCUT2D eigenvalue weighted by molar-refractivity contribution is 7.15. The molecule has 2 rings (SSSR count). The fourth-order valence-electron chi connectivity index (χ4n) is 1.57. The van der Waals surface area contributed by atoms with Crippen LogP contribution in [0.3, 0.4) is 0 Å². The Morgan fingerprint density at radius 3 is 2.91 bits per heavy atom. The highest BCUT2D eigenvalue weighted by Gasteiger charge is 2.33. The lowest BCUT2D eigenvalue weighted by Gasteiger charge is -2.14. The van der Waals surface area contributed by atoms with E-state index in [1.807, 2.05) is 0 Å². The zero-order chi connectivity index (χ0) is 8.06. The molecule has 1 heterocycles. The maximum atomic E-state index is 5.81. The van der Waals surface area contributed by atoms with Crippen LogP contribution in [0.4, 0.5) is 0 Å². The molecule has 3 heteroatoms. The van der Waals surface area contributed by atoms with E-state index in [9.17, 15) is 0 Å². The van der Waals surface area contributed by atoms with Gasteiger partial charge in [0.1, 0.15) is 0 Å². The molecule has 60 valence electrons. The van der Waals surface area contributed by atoms with Crippen LogP contribution in [0.5, 0.6) is 0 Å². The predicted octanol–water partition coefficient (Wildman–Crippen LogP) is 3.02. The Balaban J connectivity index is 2.54. The van der Waals surface area contributed by atoms with Crippen LogP contribution >= 0.6 is 22.9 Å². The molecule has 0 saturated carbocycles. The Bertz CT molecular complexity index is 290. The first-order valence-corrected chi connectivity index (χ1v) is 4.95. The number of thiazole rings is 1. The van der Waals surface area contributed by atoms with Crippen molar-refractivity contribution in [2.45, 2.75) is 32.1 Å². The van der Waals surface area contributed by atoms with Crippen molar-refractivity contribution in [3.8, 4) is 0 Å². The molecule has 0 aliphatic heterocycles. The molecule has 0 saturated heterocycles. The fraction of sp³-hybridized carbons (Fsp3) is 0.625. The minimum Gasteiger partial charge on any atom is -0.229 e. The maximum absolute atomic E-state index is 5.81. The number of hydrogen-bond donors (Lipinski definition) is 0. The molecule has 1 aromatic rings. The largest absolute Gasteiger partial charge is 0.229 e. The second-order valence-electron chi connectivity index (χ2n) is 3.62. The summed E-state index contributed by atoms with van der Waals surface area (Å²) in [5.41, 5.74) is 1.49. The van der Waals surface area contributed by atoms with Gasteiger partial charge < -0.3 is 0 Å². The van der Waals surface area contributed by atoms with Crippen molar-refractivity contribution in [3.05, 3.63) is 15.0 Å². The Hall–Kier alpha value is -0.0800. The first kappa shape index (κ1) is 7.56. The molecule has 0 amide bonds. The molecule has 0 unspecified atom stereocenters. The van der Waals surface area contributed by atoms with Gasteiger partial charge in [-0.3, -0.25) is 0 Å². The van der Waals surface area contributed by atoms with Gasteiger partial charge in [-0.2, -0.15) is 0 Å². The fourth-order valence-corrected chi connectivity index (χ4v) is 2.89. The standard InChI is InChI=1S/C8H10ClNS/c1-8(2)4-3-5-6(8)10-7(9)11-5/h3-4H2,1-2H3. The van der Waals surface area contributed by atoms with Crippen molar-refractivity contribution in [2.75, 3.05) is 0 Å². The molecule has 0 atom stereocenters. The summed E-state index contributed by atoms with van der Waals surface area (Å²) in [6, 6.07) is 0. The van der Waals surface area contributed by atoms with Crippen LogP contribution in [-0.4, -0.2) is 4.98 Å². The Morgan fingerprint density at radius 1 is 1.55 bits per heavy atom. The highest BCUT2D eigenvalue weighted by Crippen LogP contribution is 2.41. The summed E-state index contributed by atoms with van der Waals surface area (Å²) in [5, 5.41) is 0. The molecular formula is C8H10ClNS. The van der Waals surface area contributed by atoms with Crippen molar-refractivity contribution in [1.29, 1.82) is 0 Å². The number of aromatic nitrogens is 1. The van der Waals surface area contributed by atoms with Crippen LogP contribution in [0, 0.1) is 0 Å². The zero-order valence-corrected chi connectivity index (χ0v) is 8.22. The maximum Gasteiger partial charge on any atom is 0.184 e. The molecule has 1 aliphatic rings. The third-order valence-corrected chi connectivity index (χ3v) is 3.51. The third-order valence-electron chi connectivity index (χ3n) is 2.29. The van der Waals surface area contributed by atoms with Gasteiger partial charge in [-0.15, -0.1) is 11.3 Å². The highest BCUT2D eigenvalue weighted by atomic mass is 35.5. The van der Waals surface area contributed by atoms with Crippen molar-refractivity contribution in [1.82, 2.24) is 4.98 Å². The van der Waals surface area contributed by atoms with E-state index in [0.717, 1.165) is 6.42 Å². The Labute approximate surface area is 75.4 Å². The molecule has 0 fully saturated rings. The number of rotatable bonds is 0. The van der Waals surface area contributed by atoms with Gasteiger partial charge in [-0.05, 0) is 12.8 Å². The van der Waals surface area contributed by atoms with Gasteiger partial charge in [0, 0.05) is 10.3 Å². The summed E-state index contributed by atoms with van der Waals surface area (Å²) >= 11 is 7.45. The van der Waals surface area contributed by atoms with Gasteiger partial charge in [0.05, 0.1) is 5.69 Å². The number of aryl methyl sites for hydroxylation is 1. The van der Waals surface area contributed by atoms with Crippen molar-refractivity contribution in [2.24, 2.45) is 0 Å². The van der Waals surface area contributed by atoms with E-state index in [2.05, 4.69) is 18.8 Å². The van der Waals surface area contributed by atoms with E-state index in [1.165, 1.54) is 17.0 Å². The summed E-state index contributed by atoms with van der Waals surface area (Å²) in [6.07, 6.45) is 2.38. The molecule has 0 bridgehead atoms. The Morgan fingerprint density at radius 2 is 2.27 bits per heavy atom. The first-order chi connectivity index (χ1) is 5.09. The minimum atomic E-state index is 0.263. The molecule has 1 aliphatic carbocycles. The van der Waals surface area contributed by atoms with Crippen LogP contribution in [0.1, 0.15) is 30.8 Å². The summed E-state index contributed by atoms with van der Waals surface area (Å²) in [7, 11) is 0. The number of hydrogen-bond acceptors (Lipinski definition) is 2. The van der Waals surface area contributed by atoms with E-state index < -0.39 is 0 Å². The SMILES string of the molecule is CC1(C)CCc2sc(Cl)nc21. The average molecular weight is 188 g/mol. The van der Waals surface area contributed by atoms with E-state index in [4.69, 9.17) is 11.6 Å². The van der Waals surface area contributed by atoms with Gasteiger partial charge in [-0.1, -0.05) is 25.4 Å². The minimum absolute atomic E-state index is 0.263. The van der Waals surface area contributed by atoms with Crippen LogP contribution < -0.4 is 0 Å². The quantitative estimate of drug-likeness (QED) is 0.609. The average Bonchev–Trinajstić information content (AvgIpc) is 2.35. The molecule has 1 aromatic heterocycles. The van der Waals surface area contributed by atoms with Gasteiger partial charge >= 0.3 is 0 Å². The van der Waals surface area contributed by atoms with Crippen molar-refractivity contribution in [3.63, 3.8) is 0 Å². The molecule has 1 nitrogen and oxygen atoms in total. The molecule has 0 aromatic carbocycles. The van der Waals surface area contributed by atoms with Gasteiger partial charge in [0.25, 0.3) is 0 Å². The third kappa shape index (κ3) is 1.09. The lowest BCUT2D eigenvalue weighted by atomic mass is 9.91. The number of fused-ring (bicyclic) bond motifs is 1.